The third-order valence-corrected chi connectivity index (χ3v) is 14.7. The first-order valence-corrected chi connectivity index (χ1v) is 22.4. The first-order valence-electron chi connectivity index (χ1n) is 21.6. The molecule has 0 atom stereocenters. The van der Waals surface area contributed by atoms with Gasteiger partial charge >= 0.3 is 0 Å². The molecule has 0 fully saturated rings. The van der Waals surface area contributed by atoms with Crippen molar-refractivity contribution in [2.75, 3.05) is 9.80 Å². The summed E-state index contributed by atoms with van der Waals surface area (Å²) in [5.74, 6) is -1.19. The molecule has 0 amide bonds. The van der Waals surface area contributed by atoms with Crippen molar-refractivity contribution in [2.45, 2.75) is 88.3 Å². The molecule has 0 aromatic heterocycles. The molecule has 7 aromatic rings. The van der Waals surface area contributed by atoms with Crippen molar-refractivity contribution in [1.82, 2.24) is 0 Å². The van der Waals surface area contributed by atoms with Gasteiger partial charge in [-0.3, -0.25) is 0 Å². The average molecular weight is 817 g/mol. The number of fused-ring (bicyclic) bond motifs is 10. The Balaban J connectivity index is 1.39. The fraction of sp³-hybridized carbons (Fsp3) is 0.222. The molecule has 0 N–H and O–H groups in total. The lowest BCUT2D eigenvalue weighted by Crippen LogP contribution is -2.68. The van der Waals surface area contributed by atoms with E-state index in [2.05, 4.69) is 170 Å². The van der Waals surface area contributed by atoms with Gasteiger partial charge in [-0.15, -0.1) is 0 Å². The van der Waals surface area contributed by atoms with E-state index < -0.39 is 11.6 Å². The number of benzene rings is 7. The van der Waals surface area contributed by atoms with Crippen LogP contribution < -0.4 is 42.6 Å². The highest BCUT2D eigenvalue weighted by atomic mass is 32.2. The van der Waals surface area contributed by atoms with Crippen LogP contribution in [0.3, 0.4) is 0 Å². The number of anilines is 6. The van der Waals surface area contributed by atoms with Gasteiger partial charge in [0, 0.05) is 38.1 Å². The largest absolute Gasteiger partial charge is 0.312 e. The second-order valence-corrected chi connectivity index (χ2v) is 21.5. The Labute approximate surface area is 364 Å². The zero-order valence-corrected chi connectivity index (χ0v) is 37.2. The van der Waals surface area contributed by atoms with Crippen LogP contribution in [0.25, 0.3) is 11.1 Å². The monoisotopic (exact) mass is 816 g/mol. The molecule has 2 nitrogen and oxygen atoms in total. The van der Waals surface area contributed by atoms with E-state index in [1.54, 1.807) is 11.8 Å². The summed E-state index contributed by atoms with van der Waals surface area (Å²) in [4.78, 5) is 6.79. The van der Waals surface area contributed by atoms with Crippen LogP contribution in [-0.2, 0) is 16.2 Å². The Morgan fingerprint density at radius 1 is 0.443 bits per heavy atom. The van der Waals surface area contributed by atoms with E-state index in [9.17, 15) is 0 Å². The van der Waals surface area contributed by atoms with Gasteiger partial charge in [-0.05, 0) is 102 Å². The summed E-state index contributed by atoms with van der Waals surface area (Å²) in [6.07, 6.45) is 0. The Bertz CT molecular complexity index is 2990. The van der Waals surface area contributed by atoms with E-state index in [-0.39, 0.29) is 35.4 Å². The van der Waals surface area contributed by atoms with E-state index in [1.807, 2.05) is 11.0 Å². The summed E-state index contributed by atoms with van der Waals surface area (Å²) in [6.45, 7) is 20.1. The van der Waals surface area contributed by atoms with Crippen molar-refractivity contribution in [3.63, 3.8) is 0 Å². The number of nitrogens with zero attached hydrogens (tertiary/aromatic N) is 2. The van der Waals surface area contributed by atoms with Gasteiger partial charge in [0.2, 0.25) is 6.71 Å². The third-order valence-electron chi connectivity index (χ3n) is 13.5. The average Bonchev–Trinajstić information content (AvgIpc) is 3.22. The van der Waals surface area contributed by atoms with Gasteiger partial charge in [0.15, 0.2) is 0 Å². The van der Waals surface area contributed by atoms with Crippen molar-refractivity contribution < 1.29 is 8.78 Å². The normalized spacial score (nSPS) is 14.6. The fourth-order valence-corrected chi connectivity index (χ4v) is 11.7. The zero-order valence-electron chi connectivity index (χ0n) is 36.3. The third kappa shape index (κ3) is 5.55. The Kier molecular flexibility index (Phi) is 8.18. The van der Waals surface area contributed by atoms with Crippen LogP contribution >= 0.6 is 11.8 Å². The number of para-hydroxylation sites is 1. The summed E-state index contributed by atoms with van der Waals surface area (Å²) >= 11 is 1.79. The molecule has 300 valence electrons. The molecule has 0 aliphatic carbocycles. The maximum absolute atomic E-state index is 16.9. The first-order chi connectivity index (χ1) is 29.0. The number of rotatable bonds is 2. The summed E-state index contributed by atoms with van der Waals surface area (Å²) in [5.41, 5.74) is 17.5. The van der Waals surface area contributed by atoms with Crippen LogP contribution in [0.1, 0.15) is 79.0 Å². The molecule has 0 saturated heterocycles. The number of halogens is 2. The quantitative estimate of drug-likeness (QED) is 0.161. The smallest absolute Gasteiger partial charge is 0.252 e. The van der Waals surface area contributed by atoms with E-state index >= 15 is 8.78 Å². The van der Waals surface area contributed by atoms with Crippen molar-refractivity contribution in [3.8, 4) is 11.1 Å². The molecule has 4 heterocycles. The number of hydrogen-bond donors (Lipinski definition) is 0. The summed E-state index contributed by atoms with van der Waals surface area (Å²) in [7, 11) is 0. The van der Waals surface area contributed by atoms with Crippen molar-refractivity contribution in [3.05, 3.63) is 156 Å². The molecular weight excluding hydrogens is 768 g/mol. The summed E-state index contributed by atoms with van der Waals surface area (Å²) in [6, 6.07) is 44.5. The maximum Gasteiger partial charge on any atom is 0.252 e. The van der Waals surface area contributed by atoms with Gasteiger partial charge in [0.1, 0.15) is 17.3 Å². The minimum atomic E-state index is -0.596. The van der Waals surface area contributed by atoms with E-state index in [4.69, 9.17) is 0 Å². The minimum Gasteiger partial charge on any atom is -0.312 e. The van der Waals surface area contributed by atoms with E-state index in [0.29, 0.717) is 0 Å². The maximum atomic E-state index is 16.9. The molecule has 7 aromatic carbocycles. The van der Waals surface area contributed by atoms with Crippen LogP contribution in [0, 0.1) is 11.6 Å². The Morgan fingerprint density at radius 2 is 0.918 bits per heavy atom. The van der Waals surface area contributed by atoms with Crippen LogP contribution in [0.2, 0.25) is 0 Å². The van der Waals surface area contributed by atoms with E-state index in [1.165, 1.54) is 61.6 Å². The molecule has 0 radical (unpaired) electrons. The Morgan fingerprint density at radius 3 is 1.44 bits per heavy atom. The fourth-order valence-electron chi connectivity index (χ4n) is 10.4. The van der Waals surface area contributed by atoms with Gasteiger partial charge in [-0.25, -0.2) is 8.78 Å². The second-order valence-electron chi connectivity index (χ2n) is 20.4. The van der Waals surface area contributed by atoms with Gasteiger partial charge < -0.3 is 9.80 Å². The molecule has 0 unspecified atom stereocenters. The van der Waals surface area contributed by atoms with Crippen molar-refractivity contribution in [2.24, 2.45) is 0 Å². The number of hydrogen-bond acceptors (Lipinski definition) is 3. The predicted octanol–water partition coefficient (Wildman–Crippen LogP) is 10.9. The van der Waals surface area contributed by atoms with Gasteiger partial charge in [-0.2, -0.15) is 0 Å². The zero-order chi connectivity index (χ0) is 42.5. The highest BCUT2D eigenvalue weighted by Gasteiger charge is 2.53. The topological polar surface area (TPSA) is 6.48 Å². The standard InChI is InChI=1S/C54H48B2F2N2S/c1-52(2,3)32-22-25-41-36(28-32)55-35-18-13-14-21-44(35)61-51-45(31-16-11-10-12-17-31)49-46-50(47(51)55)59(41)42-26-23-33(53(4,5)6)29-37(42)56(46)38-30-34(54(7,8)9)24-27-43(38)60(49)48-39(57)19-15-20-40(48)58/h10-30H,1-9H3. The van der Waals surface area contributed by atoms with Gasteiger partial charge in [-0.1, -0.05) is 171 Å². The van der Waals surface area contributed by atoms with Crippen LogP contribution in [-0.4, -0.2) is 13.4 Å². The van der Waals surface area contributed by atoms with Gasteiger partial charge in [0.25, 0.3) is 6.71 Å². The molecule has 0 spiro atoms. The molecule has 4 aliphatic rings. The van der Waals surface area contributed by atoms with Crippen molar-refractivity contribution in [1.29, 1.82) is 0 Å². The SMILES string of the molecule is CC(C)(C)c1ccc2c(c1)B1c3ccccc3Sc3c1c1c4c(c3-c3ccccc3)N(c3c(F)cccc3F)c3ccc(C(C)(C)C)cc3B4c3cc(C(C)(C)C)ccc3N21. The van der Waals surface area contributed by atoms with Gasteiger partial charge in [0.05, 0.1) is 5.69 Å². The highest BCUT2D eigenvalue weighted by Crippen LogP contribution is 2.54. The molecule has 0 saturated carbocycles. The van der Waals surface area contributed by atoms with E-state index in [0.717, 1.165) is 55.4 Å². The lowest BCUT2D eigenvalue weighted by atomic mass is 9.29. The molecule has 0 bridgehead atoms. The lowest BCUT2D eigenvalue weighted by Gasteiger charge is -2.51. The van der Waals surface area contributed by atoms with Crippen LogP contribution in [0.4, 0.5) is 42.9 Å². The van der Waals surface area contributed by atoms with Crippen LogP contribution in [0.5, 0.6) is 0 Å². The molecule has 7 heteroatoms. The first kappa shape index (κ1) is 38.4. The summed E-state index contributed by atoms with van der Waals surface area (Å²) < 4.78 is 33.7. The second kappa shape index (κ2) is 13.0. The minimum absolute atomic E-state index is 0.0594. The molecular formula is C54H48B2F2N2S. The van der Waals surface area contributed by atoms with Crippen molar-refractivity contribution >= 4 is 92.1 Å². The Hall–Kier alpha value is -5.52. The molecule has 11 rings (SSSR count). The van der Waals surface area contributed by atoms with Crippen LogP contribution in [0.15, 0.2) is 137 Å². The lowest BCUT2D eigenvalue weighted by molar-refractivity contribution is 0.585. The highest BCUT2D eigenvalue weighted by molar-refractivity contribution is 8.00. The molecule has 61 heavy (non-hydrogen) atoms. The summed E-state index contributed by atoms with van der Waals surface area (Å²) in [5, 5.41) is 0. The predicted molar refractivity (Wildman–Crippen MR) is 257 cm³/mol. The molecule has 4 aliphatic heterocycles.